The molecule has 0 aliphatic carbocycles. The third-order valence-electron chi connectivity index (χ3n) is 5.45. The van der Waals surface area contributed by atoms with Crippen molar-refractivity contribution < 1.29 is 17.6 Å². The number of hydrogen-bond donors (Lipinski definition) is 0. The summed E-state index contributed by atoms with van der Waals surface area (Å²) in [5, 5.41) is 0. The van der Waals surface area contributed by atoms with Gasteiger partial charge < -0.3 is 9.80 Å². The zero-order valence-electron chi connectivity index (χ0n) is 17.6. The van der Waals surface area contributed by atoms with Gasteiger partial charge in [-0.1, -0.05) is 31.2 Å². The summed E-state index contributed by atoms with van der Waals surface area (Å²) in [5.41, 5.74) is 2.09. The Labute approximate surface area is 177 Å². The second-order valence-electron chi connectivity index (χ2n) is 7.52. The van der Waals surface area contributed by atoms with E-state index in [-0.39, 0.29) is 11.7 Å². The molecule has 0 spiro atoms. The van der Waals surface area contributed by atoms with Gasteiger partial charge in [-0.25, -0.2) is 12.8 Å². The Hall–Kier alpha value is -2.61. The van der Waals surface area contributed by atoms with Crippen molar-refractivity contribution in [1.82, 2.24) is 4.90 Å². The normalized spacial score (nSPS) is 15.7. The number of para-hydroxylation sites is 1. The fourth-order valence-electron chi connectivity index (χ4n) is 3.82. The van der Waals surface area contributed by atoms with Crippen molar-refractivity contribution in [2.75, 3.05) is 41.6 Å². The minimum atomic E-state index is -3.65. The molecule has 8 heteroatoms. The molecule has 1 atom stereocenters. The standard InChI is InChI=1S/C22H28FN3O3S/c1-4-18-9-11-19(12-10-18)26(30(3,28)29)17(2)22(27)25-15-13-24(14-16-25)21-8-6-5-7-20(21)23/h5-12,17H,4,13-16H2,1-3H3/t17-/m0/s1. The number of nitrogens with zero attached hydrogens (tertiary/aromatic N) is 3. The molecule has 0 unspecified atom stereocenters. The highest BCUT2D eigenvalue weighted by atomic mass is 32.2. The molecule has 1 aliphatic rings. The summed E-state index contributed by atoms with van der Waals surface area (Å²) in [6.07, 6.45) is 1.96. The Morgan fingerprint density at radius 3 is 2.20 bits per heavy atom. The highest BCUT2D eigenvalue weighted by molar-refractivity contribution is 7.92. The number of carbonyl (C=O) groups excluding carboxylic acids is 1. The van der Waals surface area contributed by atoms with Crippen LogP contribution in [0.4, 0.5) is 15.8 Å². The van der Waals surface area contributed by atoms with Crippen LogP contribution in [-0.4, -0.2) is 57.7 Å². The van der Waals surface area contributed by atoms with E-state index in [0.29, 0.717) is 37.6 Å². The van der Waals surface area contributed by atoms with Crippen LogP contribution in [0.25, 0.3) is 0 Å². The highest BCUT2D eigenvalue weighted by Crippen LogP contribution is 2.24. The third-order valence-corrected chi connectivity index (χ3v) is 6.69. The average Bonchev–Trinajstić information content (AvgIpc) is 2.73. The van der Waals surface area contributed by atoms with Gasteiger partial charge in [-0.15, -0.1) is 0 Å². The lowest BCUT2D eigenvalue weighted by atomic mass is 10.1. The summed E-state index contributed by atoms with van der Waals surface area (Å²) in [5.74, 6) is -0.544. The van der Waals surface area contributed by atoms with Crippen LogP contribution in [0, 0.1) is 5.82 Å². The van der Waals surface area contributed by atoms with Gasteiger partial charge in [0, 0.05) is 26.2 Å². The number of halogens is 1. The van der Waals surface area contributed by atoms with E-state index in [1.165, 1.54) is 10.4 Å². The van der Waals surface area contributed by atoms with Crippen molar-refractivity contribution in [2.45, 2.75) is 26.3 Å². The Morgan fingerprint density at radius 1 is 1.07 bits per heavy atom. The first kappa shape index (κ1) is 22.1. The maximum Gasteiger partial charge on any atom is 0.246 e. The predicted octanol–water partition coefficient (Wildman–Crippen LogP) is 2.89. The van der Waals surface area contributed by atoms with Gasteiger partial charge in [-0.05, 0) is 43.2 Å². The summed E-state index contributed by atoms with van der Waals surface area (Å²) >= 11 is 0. The van der Waals surface area contributed by atoms with E-state index < -0.39 is 16.1 Å². The second-order valence-corrected chi connectivity index (χ2v) is 9.38. The molecule has 1 amide bonds. The van der Waals surface area contributed by atoms with E-state index >= 15 is 0 Å². The van der Waals surface area contributed by atoms with E-state index in [1.807, 2.05) is 24.0 Å². The Bertz CT molecular complexity index is 987. The number of hydrogen-bond acceptors (Lipinski definition) is 4. The Kier molecular flexibility index (Phi) is 6.65. The molecule has 2 aromatic rings. The van der Waals surface area contributed by atoms with Gasteiger partial charge in [0.2, 0.25) is 15.9 Å². The number of sulfonamides is 1. The van der Waals surface area contributed by atoms with E-state index in [1.54, 1.807) is 42.2 Å². The maximum atomic E-state index is 14.0. The molecule has 0 saturated carbocycles. The van der Waals surface area contributed by atoms with Crippen LogP contribution >= 0.6 is 0 Å². The van der Waals surface area contributed by atoms with Crippen molar-refractivity contribution >= 4 is 27.3 Å². The lowest BCUT2D eigenvalue weighted by Gasteiger charge is -2.39. The molecular formula is C22H28FN3O3S. The second kappa shape index (κ2) is 9.04. The molecule has 6 nitrogen and oxygen atoms in total. The largest absolute Gasteiger partial charge is 0.366 e. The quantitative estimate of drug-likeness (QED) is 0.703. The first-order valence-corrected chi connectivity index (χ1v) is 11.9. The number of anilines is 2. The predicted molar refractivity (Wildman–Crippen MR) is 118 cm³/mol. The smallest absolute Gasteiger partial charge is 0.246 e. The molecule has 162 valence electrons. The van der Waals surface area contributed by atoms with Crippen molar-refractivity contribution in [3.05, 3.63) is 59.9 Å². The number of aryl methyl sites for hydroxylation is 1. The number of benzene rings is 2. The van der Waals surface area contributed by atoms with Gasteiger partial charge in [0.25, 0.3) is 0 Å². The Balaban J connectivity index is 1.73. The number of piperazine rings is 1. The molecule has 1 heterocycles. The third kappa shape index (κ3) is 4.75. The lowest BCUT2D eigenvalue weighted by Crippen LogP contribution is -2.55. The summed E-state index contributed by atoms with van der Waals surface area (Å²) in [6, 6.07) is 12.9. The summed E-state index contributed by atoms with van der Waals surface area (Å²) in [6.45, 7) is 5.43. The molecule has 0 N–H and O–H groups in total. The lowest BCUT2D eigenvalue weighted by molar-refractivity contribution is -0.132. The van der Waals surface area contributed by atoms with Crippen LogP contribution in [0.3, 0.4) is 0 Å². The van der Waals surface area contributed by atoms with Crippen LogP contribution in [0.2, 0.25) is 0 Å². The molecule has 1 saturated heterocycles. The van der Waals surface area contributed by atoms with Gasteiger partial charge in [0.15, 0.2) is 0 Å². The van der Waals surface area contributed by atoms with Gasteiger partial charge in [0.05, 0.1) is 17.6 Å². The topological polar surface area (TPSA) is 60.9 Å². The monoisotopic (exact) mass is 433 g/mol. The van der Waals surface area contributed by atoms with Crippen molar-refractivity contribution in [3.63, 3.8) is 0 Å². The van der Waals surface area contributed by atoms with Crippen LogP contribution in [0.5, 0.6) is 0 Å². The molecule has 0 bridgehead atoms. The average molecular weight is 434 g/mol. The van der Waals surface area contributed by atoms with Crippen LogP contribution in [0.1, 0.15) is 19.4 Å². The van der Waals surface area contributed by atoms with Gasteiger partial charge in [-0.3, -0.25) is 9.10 Å². The highest BCUT2D eigenvalue weighted by Gasteiger charge is 2.33. The van der Waals surface area contributed by atoms with E-state index in [4.69, 9.17) is 0 Å². The zero-order chi connectivity index (χ0) is 21.9. The molecular weight excluding hydrogens is 405 g/mol. The fraction of sp³-hybridized carbons (Fsp3) is 0.409. The number of rotatable bonds is 6. The SMILES string of the molecule is CCc1ccc(N([C@@H](C)C(=O)N2CCN(c3ccccc3F)CC2)S(C)(=O)=O)cc1. The maximum absolute atomic E-state index is 14.0. The summed E-state index contributed by atoms with van der Waals surface area (Å²) in [7, 11) is -3.65. The van der Waals surface area contributed by atoms with Crippen LogP contribution in [0.15, 0.2) is 48.5 Å². The molecule has 30 heavy (non-hydrogen) atoms. The molecule has 1 aliphatic heterocycles. The number of carbonyl (C=O) groups is 1. The van der Waals surface area contributed by atoms with E-state index in [9.17, 15) is 17.6 Å². The van der Waals surface area contributed by atoms with Crippen molar-refractivity contribution in [3.8, 4) is 0 Å². The summed E-state index contributed by atoms with van der Waals surface area (Å²) < 4.78 is 40.2. The first-order chi connectivity index (χ1) is 14.2. The van der Waals surface area contributed by atoms with Gasteiger partial charge in [0.1, 0.15) is 11.9 Å². The molecule has 3 rings (SSSR count). The van der Waals surface area contributed by atoms with Crippen LogP contribution < -0.4 is 9.21 Å². The molecule has 0 radical (unpaired) electrons. The van der Waals surface area contributed by atoms with Crippen molar-refractivity contribution in [1.29, 1.82) is 0 Å². The van der Waals surface area contributed by atoms with Gasteiger partial charge in [-0.2, -0.15) is 0 Å². The van der Waals surface area contributed by atoms with Crippen LogP contribution in [-0.2, 0) is 21.2 Å². The minimum absolute atomic E-state index is 0.256. The van der Waals surface area contributed by atoms with E-state index in [2.05, 4.69) is 0 Å². The number of amides is 1. The fourth-order valence-corrected chi connectivity index (χ4v) is 4.99. The van der Waals surface area contributed by atoms with Crippen molar-refractivity contribution in [2.24, 2.45) is 0 Å². The summed E-state index contributed by atoms with van der Waals surface area (Å²) in [4.78, 5) is 16.7. The first-order valence-electron chi connectivity index (χ1n) is 10.1. The molecule has 2 aromatic carbocycles. The Morgan fingerprint density at radius 2 is 1.67 bits per heavy atom. The minimum Gasteiger partial charge on any atom is -0.366 e. The zero-order valence-corrected chi connectivity index (χ0v) is 18.4. The van der Waals surface area contributed by atoms with Gasteiger partial charge >= 0.3 is 0 Å². The molecule has 0 aromatic heterocycles. The molecule has 1 fully saturated rings. The van der Waals surface area contributed by atoms with E-state index in [0.717, 1.165) is 18.2 Å².